The second-order valence-corrected chi connectivity index (χ2v) is 7.12. The molecule has 0 spiro atoms. The fourth-order valence-corrected chi connectivity index (χ4v) is 3.96. The van der Waals surface area contributed by atoms with Gasteiger partial charge in [-0.05, 0) is 49.6 Å². The van der Waals surface area contributed by atoms with Gasteiger partial charge in [0.1, 0.15) is 6.17 Å². The number of carbonyl (C=O) groups excluding carboxylic acids is 2. The van der Waals surface area contributed by atoms with E-state index in [1.54, 1.807) is 24.3 Å². The molecule has 2 amide bonds. The van der Waals surface area contributed by atoms with Crippen LogP contribution in [0.2, 0.25) is 0 Å². The molecule has 28 heavy (non-hydrogen) atoms. The minimum Gasteiger partial charge on any atom is -0.494 e. The minimum atomic E-state index is -0.548. The fourth-order valence-electron chi connectivity index (χ4n) is 3.96. The van der Waals surface area contributed by atoms with E-state index in [9.17, 15) is 14.0 Å². The van der Waals surface area contributed by atoms with Crippen molar-refractivity contribution in [2.45, 2.75) is 25.4 Å². The van der Waals surface area contributed by atoms with Crippen LogP contribution in [0.3, 0.4) is 0 Å². The molecule has 2 aromatic carbocycles. The van der Waals surface area contributed by atoms with Gasteiger partial charge in [-0.25, -0.2) is 4.39 Å². The highest BCUT2D eigenvalue weighted by molar-refractivity contribution is 6.08. The summed E-state index contributed by atoms with van der Waals surface area (Å²) in [5.74, 6) is -0.779. The monoisotopic (exact) mass is 383 g/mol. The summed E-state index contributed by atoms with van der Waals surface area (Å²) in [6.07, 6.45) is 3.05. The first-order valence-electron chi connectivity index (χ1n) is 9.32. The van der Waals surface area contributed by atoms with Gasteiger partial charge in [-0.3, -0.25) is 9.59 Å². The molecule has 4 rings (SSSR count). The highest BCUT2D eigenvalue weighted by atomic mass is 19.1. The first kappa shape index (κ1) is 18.3. The lowest BCUT2D eigenvalue weighted by atomic mass is 9.97. The Labute approximate surface area is 162 Å². The Morgan fingerprint density at radius 3 is 2.79 bits per heavy atom. The van der Waals surface area contributed by atoms with Crippen molar-refractivity contribution in [1.29, 1.82) is 0 Å². The second kappa shape index (κ2) is 7.14. The molecular formula is C21H22FN3O3. The van der Waals surface area contributed by atoms with Gasteiger partial charge in [-0.1, -0.05) is 0 Å². The van der Waals surface area contributed by atoms with Crippen LogP contribution in [0.5, 0.6) is 5.75 Å². The Morgan fingerprint density at radius 1 is 1.21 bits per heavy atom. The summed E-state index contributed by atoms with van der Waals surface area (Å²) in [4.78, 5) is 29.4. The number of fused-ring (bicyclic) bond motifs is 2. The summed E-state index contributed by atoms with van der Waals surface area (Å²) in [6.45, 7) is 0.762. The van der Waals surface area contributed by atoms with Crippen LogP contribution in [0.25, 0.3) is 0 Å². The molecule has 0 radical (unpaired) electrons. The number of benzene rings is 2. The third kappa shape index (κ3) is 3.06. The Hall–Kier alpha value is -3.09. The molecule has 1 saturated heterocycles. The van der Waals surface area contributed by atoms with E-state index < -0.39 is 5.82 Å². The topological polar surface area (TPSA) is 61.9 Å². The standard InChI is InChI=1S/C21H22FN3O3/c1-24-17-11-13(20(26)23-14-7-9-18(28-2)16(22)12-14)6-8-15(17)21(27)25-10-4-3-5-19(24)25/h6-9,11-12,19H,3-5,10H2,1-2H3,(H,23,26)/t19-/m1/s1. The Morgan fingerprint density at radius 2 is 2.04 bits per heavy atom. The predicted molar refractivity (Wildman–Crippen MR) is 104 cm³/mol. The number of hydrogen-bond donors (Lipinski definition) is 1. The molecule has 0 aromatic heterocycles. The van der Waals surface area contributed by atoms with Gasteiger partial charge in [-0.2, -0.15) is 0 Å². The van der Waals surface area contributed by atoms with Crippen LogP contribution in [0, 0.1) is 5.82 Å². The molecule has 2 heterocycles. The molecule has 0 bridgehead atoms. The number of methoxy groups -OCH3 is 1. The van der Waals surface area contributed by atoms with Crippen molar-refractivity contribution in [1.82, 2.24) is 4.90 Å². The van der Waals surface area contributed by atoms with Gasteiger partial charge in [0.2, 0.25) is 0 Å². The summed E-state index contributed by atoms with van der Waals surface area (Å²) in [7, 11) is 3.34. The van der Waals surface area contributed by atoms with E-state index in [2.05, 4.69) is 10.2 Å². The number of carbonyl (C=O) groups is 2. The molecule has 0 unspecified atom stereocenters. The predicted octanol–water partition coefficient (Wildman–Crippen LogP) is 3.49. The number of halogens is 1. The summed E-state index contributed by atoms with van der Waals surface area (Å²) in [5.41, 5.74) is 2.11. The summed E-state index contributed by atoms with van der Waals surface area (Å²) in [6, 6.07) is 9.31. The van der Waals surface area contributed by atoms with Crippen LogP contribution in [0.1, 0.15) is 40.0 Å². The number of nitrogens with zero attached hydrogens (tertiary/aromatic N) is 2. The highest BCUT2D eigenvalue weighted by Crippen LogP contribution is 2.35. The lowest BCUT2D eigenvalue weighted by molar-refractivity contribution is 0.0589. The Kier molecular flexibility index (Phi) is 4.66. The molecule has 146 valence electrons. The lowest BCUT2D eigenvalue weighted by Crippen LogP contribution is -2.55. The van der Waals surface area contributed by atoms with Crippen molar-refractivity contribution in [3.05, 3.63) is 53.3 Å². The smallest absolute Gasteiger partial charge is 0.257 e. The fraction of sp³-hybridized carbons (Fsp3) is 0.333. The number of ether oxygens (including phenoxy) is 1. The highest BCUT2D eigenvalue weighted by Gasteiger charge is 2.37. The SMILES string of the molecule is COc1ccc(NC(=O)c2ccc3c(c2)N(C)[C@H]2CCCCN2C3=O)cc1F. The Balaban J connectivity index is 1.60. The molecule has 0 aliphatic carbocycles. The van der Waals surface area contributed by atoms with Gasteiger partial charge in [-0.15, -0.1) is 0 Å². The van der Waals surface area contributed by atoms with Crippen LogP contribution in [-0.4, -0.2) is 43.6 Å². The number of amides is 2. The number of hydrogen-bond acceptors (Lipinski definition) is 4. The second-order valence-electron chi connectivity index (χ2n) is 7.12. The van der Waals surface area contributed by atoms with E-state index in [-0.39, 0.29) is 23.7 Å². The van der Waals surface area contributed by atoms with Gasteiger partial charge in [0, 0.05) is 30.9 Å². The summed E-state index contributed by atoms with van der Waals surface area (Å²) >= 11 is 0. The molecule has 1 fully saturated rings. The molecule has 1 atom stereocenters. The van der Waals surface area contributed by atoms with Crippen LogP contribution >= 0.6 is 0 Å². The molecule has 7 heteroatoms. The van der Waals surface area contributed by atoms with E-state index in [4.69, 9.17) is 4.74 Å². The number of rotatable bonds is 3. The first-order chi connectivity index (χ1) is 13.5. The molecule has 1 N–H and O–H groups in total. The van der Waals surface area contributed by atoms with Gasteiger partial charge in [0.15, 0.2) is 11.6 Å². The number of nitrogens with one attached hydrogen (secondary N) is 1. The van der Waals surface area contributed by atoms with E-state index in [0.717, 1.165) is 31.5 Å². The van der Waals surface area contributed by atoms with Crippen molar-refractivity contribution < 1.29 is 18.7 Å². The van der Waals surface area contributed by atoms with Gasteiger partial charge >= 0.3 is 0 Å². The quantitative estimate of drug-likeness (QED) is 0.881. The molecule has 0 saturated carbocycles. The van der Waals surface area contributed by atoms with Crippen molar-refractivity contribution >= 4 is 23.2 Å². The maximum Gasteiger partial charge on any atom is 0.257 e. The largest absolute Gasteiger partial charge is 0.494 e. The average molecular weight is 383 g/mol. The normalized spacial score (nSPS) is 18.4. The van der Waals surface area contributed by atoms with Gasteiger partial charge < -0.3 is 19.9 Å². The molecule has 2 aliphatic heterocycles. The van der Waals surface area contributed by atoms with Crippen LogP contribution in [0.15, 0.2) is 36.4 Å². The van der Waals surface area contributed by atoms with E-state index in [0.29, 0.717) is 16.8 Å². The number of anilines is 2. The molecular weight excluding hydrogens is 361 g/mol. The zero-order valence-electron chi connectivity index (χ0n) is 15.9. The van der Waals surface area contributed by atoms with Crippen molar-refractivity contribution in [2.75, 3.05) is 30.9 Å². The molecule has 2 aliphatic rings. The third-order valence-electron chi connectivity index (χ3n) is 5.46. The zero-order valence-corrected chi connectivity index (χ0v) is 15.9. The zero-order chi connectivity index (χ0) is 19.8. The summed E-state index contributed by atoms with van der Waals surface area (Å²) < 4.78 is 18.7. The maximum atomic E-state index is 13.9. The first-order valence-corrected chi connectivity index (χ1v) is 9.32. The molecule has 2 aromatic rings. The Bertz CT molecular complexity index is 946. The number of piperidine rings is 1. The lowest BCUT2D eigenvalue weighted by Gasteiger charge is -2.46. The molecule has 6 nitrogen and oxygen atoms in total. The average Bonchev–Trinajstić information content (AvgIpc) is 2.71. The van der Waals surface area contributed by atoms with Crippen molar-refractivity contribution in [2.24, 2.45) is 0 Å². The van der Waals surface area contributed by atoms with Gasteiger partial charge in [0.05, 0.1) is 18.4 Å². The van der Waals surface area contributed by atoms with Crippen LogP contribution in [-0.2, 0) is 0 Å². The minimum absolute atomic E-state index is 0.0157. The van der Waals surface area contributed by atoms with E-state index >= 15 is 0 Å². The maximum absolute atomic E-state index is 13.9. The van der Waals surface area contributed by atoms with Gasteiger partial charge in [0.25, 0.3) is 11.8 Å². The van der Waals surface area contributed by atoms with Crippen LogP contribution in [0.4, 0.5) is 15.8 Å². The van der Waals surface area contributed by atoms with Crippen molar-refractivity contribution in [3.63, 3.8) is 0 Å². The van der Waals surface area contributed by atoms with E-state index in [1.807, 2.05) is 11.9 Å². The van der Waals surface area contributed by atoms with Crippen molar-refractivity contribution in [3.8, 4) is 5.75 Å². The van der Waals surface area contributed by atoms with Crippen LogP contribution < -0.4 is 15.0 Å². The van der Waals surface area contributed by atoms with E-state index in [1.165, 1.54) is 19.2 Å². The third-order valence-corrected chi connectivity index (χ3v) is 5.46. The summed E-state index contributed by atoms with van der Waals surface area (Å²) in [5, 5.41) is 2.69.